The van der Waals surface area contributed by atoms with Crippen molar-refractivity contribution in [3.8, 4) is 0 Å². The van der Waals surface area contributed by atoms with E-state index in [1.54, 1.807) is 0 Å². The summed E-state index contributed by atoms with van der Waals surface area (Å²) in [6.45, 7) is 3.15. The number of halogens is 1. The maximum absolute atomic E-state index is 5.78. The average molecular weight is 396 g/mol. The molecule has 4 rings (SSSR count). The molecule has 146 valence electrons. The van der Waals surface area contributed by atoms with Gasteiger partial charge in [-0.3, -0.25) is 4.98 Å². The van der Waals surface area contributed by atoms with Gasteiger partial charge in [-0.1, -0.05) is 30.7 Å². The zero-order chi connectivity index (χ0) is 18.5. The van der Waals surface area contributed by atoms with Crippen LogP contribution < -0.4 is 5.32 Å². The SMILES string of the molecule is C[C@H](CCCCc1nc2ccccc2o1)NCc1ccc2cnccc2c1.Cl. The number of rotatable bonds is 8. The maximum Gasteiger partial charge on any atom is 0.195 e. The molecule has 0 spiro atoms. The monoisotopic (exact) mass is 395 g/mol. The van der Waals surface area contributed by atoms with Crippen molar-refractivity contribution in [1.29, 1.82) is 0 Å². The first-order chi connectivity index (χ1) is 13.3. The molecule has 0 saturated carbocycles. The summed E-state index contributed by atoms with van der Waals surface area (Å²) in [6, 6.07) is 17.1. The van der Waals surface area contributed by atoms with E-state index in [4.69, 9.17) is 4.42 Å². The van der Waals surface area contributed by atoms with Gasteiger partial charge in [0.15, 0.2) is 11.5 Å². The number of nitrogens with zero attached hydrogens (tertiary/aromatic N) is 2. The fourth-order valence-corrected chi connectivity index (χ4v) is 3.39. The standard InChI is InChI=1S/C23H25N3O.ClH/c1-17(25-15-18-10-11-20-16-24-13-12-19(20)14-18)6-2-5-9-23-26-21-7-3-4-8-22(21)27-23;/h3-4,7-8,10-14,16-17,25H,2,5-6,9,15H2,1H3;1H/t17-;/m1./s1. The predicted molar refractivity (Wildman–Crippen MR) is 117 cm³/mol. The van der Waals surface area contributed by atoms with Crippen LogP contribution in [0.3, 0.4) is 0 Å². The molecule has 0 bridgehead atoms. The zero-order valence-electron chi connectivity index (χ0n) is 16.1. The second kappa shape index (κ2) is 9.67. The van der Waals surface area contributed by atoms with Crippen LogP contribution >= 0.6 is 12.4 Å². The number of para-hydroxylation sites is 2. The number of unbranched alkanes of at least 4 members (excludes halogenated alkanes) is 1. The van der Waals surface area contributed by atoms with Crippen molar-refractivity contribution < 1.29 is 4.42 Å². The molecule has 1 atom stereocenters. The van der Waals surface area contributed by atoms with Gasteiger partial charge in [0.1, 0.15) is 5.52 Å². The quantitative estimate of drug-likeness (QED) is 0.389. The van der Waals surface area contributed by atoms with Crippen molar-refractivity contribution >= 4 is 34.3 Å². The number of hydrogen-bond acceptors (Lipinski definition) is 4. The molecule has 0 aliphatic carbocycles. The molecule has 0 amide bonds. The summed E-state index contributed by atoms with van der Waals surface area (Å²) in [4.78, 5) is 8.71. The molecule has 2 aromatic carbocycles. The molecular formula is C23H26ClN3O. The van der Waals surface area contributed by atoms with Crippen LogP contribution in [0.15, 0.2) is 65.3 Å². The molecule has 0 saturated heterocycles. The van der Waals surface area contributed by atoms with Crippen LogP contribution in [0.1, 0.15) is 37.6 Å². The first-order valence-electron chi connectivity index (χ1n) is 9.68. The van der Waals surface area contributed by atoms with Crippen LogP contribution in [-0.4, -0.2) is 16.0 Å². The van der Waals surface area contributed by atoms with E-state index in [0.29, 0.717) is 6.04 Å². The number of hydrogen-bond donors (Lipinski definition) is 1. The highest BCUT2D eigenvalue weighted by atomic mass is 35.5. The van der Waals surface area contributed by atoms with Gasteiger partial charge in [-0.15, -0.1) is 12.4 Å². The summed E-state index contributed by atoms with van der Waals surface area (Å²) in [5.41, 5.74) is 3.15. The molecule has 0 aliphatic heterocycles. The van der Waals surface area contributed by atoms with Crippen LogP contribution in [0.4, 0.5) is 0 Å². The third-order valence-corrected chi connectivity index (χ3v) is 4.98. The van der Waals surface area contributed by atoms with Crippen molar-refractivity contribution in [1.82, 2.24) is 15.3 Å². The lowest BCUT2D eigenvalue weighted by molar-refractivity contribution is 0.469. The first kappa shape index (κ1) is 20.3. The highest BCUT2D eigenvalue weighted by molar-refractivity contribution is 5.85. The van der Waals surface area contributed by atoms with Gasteiger partial charge in [-0.2, -0.15) is 0 Å². The smallest absolute Gasteiger partial charge is 0.195 e. The summed E-state index contributed by atoms with van der Waals surface area (Å²) in [5.74, 6) is 0.850. The van der Waals surface area contributed by atoms with Gasteiger partial charge in [0.25, 0.3) is 0 Å². The Bertz CT molecular complexity index is 997. The molecule has 0 radical (unpaired) electrons. The van der Waals surface area contributed by atoms with Gasteiger partial charge in [0, 0.05) is 36.8 Å². The van der Waals surface area contributed by atoms with Crippen molar-refractivity contribution in [3.63, 3.8) is 0 Å². The van der Waals surface area contributed by atoms with Gasteiger partial charge in [-0.05, 0) is 55.0 Å². The predicted octanol–water partition coefficient (Wildman–Crippen LogP) is 5.69. The summed E-state index contributed by atoms with van der Waals surface area (Å²) in [6.07, 6.45) is 8.07. The fraction of sp³-hybridized carbons (Fsp3) is 0.304. The van der Waals surface area contributed by atoms with E-state index in [0.717, 1.165) is 49.2 Å². The lowest BCUT2D eigenvalue weighted by atomic mass is 10.1. The highest BCUT2D eigenvalue weighted by Gasteiger charge is 2.06. The minimum atomic E-state index is 0. The topological polar surface area (TPSA) is 51.0 Å². The van der Waals surface area contributed by atoms with Crippen LogP contribution in [0.25, 0.3) is 21.9 Å². The molecule has 0 aliphatic rings. The van der Waals surface area contributed by atoms with Crippen molar-refractivity contribution in [2.24, 2.45) is 0 Å². The molecular weight excluding hydrogens is 370 g/mol. The van der Waals surface area contributed by atoms with E-state index in [2.05, 4.69) is 46.5 Å². The molecule has 5 heteroatoms. The number of aryl methyl sites for hydroxylation is 1. The number of benzene rings is 2. The Labute approximate surface area is 171 Å². The third kappa shape index (κ3) is 5.09. The van der Waals surface area contributed by atoms with Crippen molar-refractivity contribution in [3.05, 3.63) is 72.4 Å². The van der Waals surface area contributed by atoms with Crippen LogP contribution in [0.5, 0.6) is 0 Å². The lowest BCUT2D eigenvalue weighted by Gasteiger charge is -2.14. The Morgan fingerprint density at radius 3 is 2.82 bits per heavy atom. The molecule has 4 aromatic rings. The molecule has 4 nitrogen and oxygen atoms in total. The average Bonchev–Trinajstić information content (AvgIpc) is 3.12. The van der Waals surface area contributed by atoms with E-state index in [1.165, 1.54) is 16.3 Å². The lowest BCUT2D eigenvalue weighted by Crippen LogP contribution is -2.25. The molecule has 28 heavy (non-hydrogen) atoms. The molecule has 0 unspecified atom stereocenters. The second-order valence-electron chi connectivity index (χ2n) is 7.16. The first-order valence-corrected chi connectivity index (χ1v) is 9.68. The van der Waals surface area contributed by atoms with Crippen LogP contribution in [0, 0.1) is 0 Å². The number of oxazole rings is 1. The van der Waals surface area contributed by atoms with Crippen molar-refractivity contribution in [2.45, 2.75) is 45.2 Å². The van der Waals surface area contributed by atoms with Gasteiger partial charge in [-0.25, -0.2) is 4.98 Å². The Morgan fingerprint density at radius 2 is 1.93 bits per heavy atom. The summed E-state index contributed by atoms with van der Waals surface area (Å²) >= 11 is 0. The zero-order valence-corrected chi connectivity index (χ0v) is 16.9. The fourth-order valence-electron chi connectivity index (χ4n) is 3.39. The minimum absolute atomic E-state index is 0. The van der Waals surface area contributed by atoms with Crippen LogP contribution in [0.2, 0.25) is 0 Å². The Balaban J connectivity index is 0.00000225. The number of fused-ring (bicyclic) bond motifs is 2. The number of aromatic nitrogens is 2. The normalized spacial score (nSPS) is 12.2. The Hall–Kier alpha value is -2.43. The third-order valence-electron chi connectivity index (χ3n) is 4.98. The Morgan fingerprint density at radius 1 is 1.04 bits per heavy atom. The minimum Gasteiger partial charge on any atom is -0.441 e. The summed E-state index contributed by atoms with van der Waals surface area (Å²) < 4.78 is 5.78. The largest absolute Gasteiger partial charge is 0.441 e. The molecule has 0 fully saturated rings. The summed E-state index contributed by atoms with van der Waals surface area (Å²) in [5, 5.41) is 6.06. The summed E-state index contributed by atoms with van der Waals surface area (Å²) in [7, 11) is 0. The van der Waals surface area contributed by atoms with Gasteiger partial charge < -0.3 is 9.73 Å². The van der Waals surface area contributed by atoms with E-state index in [-0.39, 0.29) is 12.4 Å². The second-order valence-corrected chi connectivity index (χ2v) is 7.16. The van der Waals surface area contributed by atoms with Gasteiger partial charge in [0.05, 0.1) is 0 Å². The van der Waals surface area contributed by atoms with E-state index < -0.39 is 0 Å². The molecule has 2 heterocycles. The van der Waals surface area contributed by atoms with Gasteiger partial charge >= 0.3 is 0 Å². The maximum atomic E-state index is 5.78. The van der Waals surface area contributed by atoms with E-state index in [1.807, 2.05) is 36.7 Å². The van der Waals surface area contributed by atoms with Crippen molar-refractivity contribution in [2.75, 3.05) is 0 Å². The Kier molecular flexibility index (Phi) is 7.01. The molecule has 2 aromatic heterocycles. The van der Waals surface area contributed by atoms with Gasteiger partial charge in [0.2, 0.25) is 0 Å². The van der Waals surface area contributed by atoms with E-state index in [9.17, 15) is 0 Å². The number of pyridine rings is 1. The highest BCUT2D eigenvalue weighted by Crippen LogP contribution is 2.17. The molecule has 1 N–H and O–H groups in total. The van der Waals surface area contributed by atoms with E-state index >= 15 is 0 Å². The number of nitrogens with one attached hydrogen (secondary N) is 1. The van der Waals surface area contributed by atoms with Crippen LogP contribution in [-0.2, 0) is 13.0 Å².